The summed E-state index contributed by atoms with van der Waals surface area (Å²) in [5.41, 5.74) is 3.34. The maximum absolute atomic E-state index is 12.1. The van der Waals surface area contributed by atoms with E-state index in [1.165, 1.54) is 5.56 Å². The number of hydrogen-bond acceptors (Lipinski definition) is 2. The van der Waals surface area contributed by atoms with Crippen molar-refractivity contribution in [3.8, 4) is 5.75 Å². The molecule has 2 aromatic carbocycles. The summed E-state index contributed by atoms with van der Waals surface area (Å²) in [5, 5.41) is 2.93. The molecule has 0 aromatic heterocycles. The summed E-state index contributed by atoms with van der Waals surface area (Å²) in [5.74, 6) is 0.558. The van der Waals surface area contributed by atoms with Gasteiger partial charge in [-0.1, -0.05) is 39.8 Å². The fourth-order valence-electron chi connectivity index (χ4n) is 2.36. The van der Waals surface area contributed by atoms with E-state index in [0.29, 0.717) is 5.75 Å². The van der Waals surface area contributed by atoms with Gasteiger partial charge in [-0.05, 0) is 75.9 Å². The molecule has 0 spiro atoms. The highest BCUT2D eigenvalue weighted by Gasteiger charge is 2.13. The Morgan fingerprint density at radius 1 is 1.12 bits per heavy atom. The normalized spacial score (nSPS) is 11.2. The third-order valence-corrected chi connectivity index (χ3v) is 4.48. The third-order valence-electron chi connectivity index (χ3n) is 3.81. The summed E-state index contributed by atoms with van der Waals surface area (Å²) in [6.07, 6.45) is 0.877. The third kappa shape index (κ3) is 5.23. The van der Waals surface area contributed by atoms with Crippen LogP contribution in [0.4, 0.5) is 5.69 Å². The molecule has 2 aromatic rings. The molecule has 0 saturated carbocycles. The second-order valence-electron chi connectivity index (χ2n) is 6.77. The molecular formula is C20H24INO2. The Hall–Kier alpha value is -1.56. The minimum Gasteiger partial charge on any atom is -0.484 e. The van der Waals surface area contributed by atoms with Gasteiger partial charge in [0.2, 0.25) is 0 Å². The zero-order valence-electron chi connectivity index (χ0n) is 14.7. The van der Waals surface area contributed by atoms with Crippen molar-refractivity contribution in [3.05, 3.63) is 57.2 Å². The molecular weight excluding hydrogens is 413 g/mol. The van der Waals surface area contributed by atoms with Crippen molar-refractivity contribution < 1.29 is 9.53 Å². The number of amides is 1. The zero-order chi connectivity index (χ0) is 17.7. The van der Waals surface area contributed by atoms with Crippen LogP contribution in [0.15, 0.2) is 42.5 Å². The van der Waals surface area contributed by atoms with Gasteiger partial charge in [-0.3, -0.25) is 4.79 Å². The van der Waals surface area contributed by atoms with Crippen molar-refractivity contribution in [3.63, 3.8) is 0 Å². The van der Waals surface area contributed by atoms with Crippen LogP contribution in [-0.2, 0) is 16.6 Å². The van der Waals surface area contributed by atoms with Gasteiger partial charge in [0, 0.05) is 9.26 Å². The van der Waals surface area contributed by atoms with E-state index in [1.807, 2.05) is 36.4 Å². The summed E-state index contributed by atoms with van der Waals surface area (Å²) < 4.78 is 6.76. The summed E-state index contributed by atoms with van der Waals surface area (Å²) >= 11 is 2.27. The van der Waals surface area contributed by atoms with Crippen LogP contribution in [0, 0.1) is 3.57 Å². The molecule has 0 unspecified atom stereocenters. The molecule has 0 heterocycles. The summed E-state index contributed by atoms with van der Waals surface area (Å²) in [6.45, 7) is 8.59. The van der Waals surface area contributed by atoms with E-state index in [2.05, 4.69) is 61.7 Å². The first-order valence-corrected chi connectivity index (χ1v) is 9.19. The molecule has 24 heavy (non-hydrogen) atoms. The van der Waals surface area contributed by atoms with E-state index in [9.17, 15) is 4.79 Å². The molecule has 4 heteroatoms. The van der Waals surface area contributed by atoms with Gasteiger partial charge in [-0.2, -0.15) is 0 Å². The molecule has 0 aliphatic carbocycles. The smallest absolute Gasteiger partial charge is 0.262 e. The first-order chi connectivity index (χ1) is 11.3. The highest BCUT2D eigenvalue weighted by molar-refractivity contribution is 14.1. The number of halogens is 1. The van der Waals surface area contributed by atoms with E-state index in [1.54, 1.807) is 0 Å². The van der Waals surface area contributed by atoms with Gasteiger partial charge in [0.05, 0.1) is 0 Å². The lowest BCUT2D eigenvalue weighted by atomic mass is 9.87. The zero-order valence-corrected chi connectivity index (χ0v) is 16.8. The predicted molar refractivity (Wildman–Crippen MR) is 108 cm³/mol. The monoisotopic (exact) mass is 437 g/mol. The van der Waals surface area contributed by atoms with Crippen LogP contribution in [-0.4, -0.2) is 12.5 Å². The summed E-state index contributed by atoms with van der Waals surface area (Å²) in [7, 11) is 0. The van der Waals surface area contributed by atoms with Gasteiger partial charge in [0.1, 0.15) is 5.75 Å². The summed E-state index contributed by atoms with van der Waals surface area (Å²) in [4.78, 5) is 12.1. The number of carbonyl (C=O) groups is 1. The van der Waals surface area contributed by atoms with Gasteiger partial charge in [0.15, 0.2) is 6.61 Å². The number of ether oxygens (including phenoxy) is 1. The number of benzene rings is 2. The SMILES string of the molecule is CCc1cc(I)ccc1NC(=O)COc1ccc(C(C)(C)C)cc1. The minimum atomic E-state index is -0.147. The number of aryl methyl sites for hydroxylation is 1. The van der Waals surface area contributed by atoms with Gasteiger partial charge in [0.25, 0.3) is 5.91 Å². The fraction of sp³-hybridized carbons (Fsp3) is 0.350. The first kappa shape index (κ1) is 18.8. The minimum absolute atomic E-state index is 0.00397. The van der Waals surface area contributed by atoms with Crippen molar-refractivity contribution in [1.82, 2.24) is 0 Å². The molecule has 0 atom stereocenters. The molecule has 0 radical (unpaired) electrons. The number of hydrogen-bond donors (Lipinski definition) is 1. The molecule has 0 bridgehead atoms. The molecule has 0 aliphatic heterocycles. The molecule has 128 valence electrons. The number of carbonyl (C=O) groups excluding carboxylic acids is 1. The molecule has 0 saturated heterocycles. The molecule has 0 fully saturated rings. The van der Waals surface area contributed by atoms with Crippen molar-refractivity contribution in [2.75, 3.05) is 11.9 Å². The highest BCUT2D eigenvalue weighted by atomic mass is 127. The van der Waals surface area contributed by atoms with Crippen molar-refractivity contribution in [2.24, 2.45) is 0 Å². The van der Waals surface area contributed by atoms with E-state index >= 15 is 0 Å². The quantitative estimate of drug-likeness (QED) is 0.656. The second-order valence-corrected chi connectivity index (χ2v) is 8.01. The predicted octanol–water partition coefficient (Wildman–Crippen LogP) is 5.17. The Morgan fingerprint density at radius 3 is 2.38 bits per heavy atom. The number of rotatable bonds is 5. The highest BCUT2D eigenvalue weighted by Crippen LogP contribution is 2.24. The largest absolute Gasteiger partial charge is 0.484 e. The first-order valence-electron chi connectivity index (χ1n) is 8.11. The van der Waals surface area contributed by atoms with Crippen molar-refractivity contribution in [2.45, 2.75) is 39.5 Å². The van der Waals surface area contributed by atoms with Gasteiger partial charge in [-0.15, -0.1) is 0 Å². The van der Waals surface area contributed by atoms with Crippen molar-refractivity contribution in [1.29, 1.82) is 0 Å². The Labute approximate surface area is 157 Å². The van der Waals surface area contributed by atoms with Crippen LogP contribution in [0.3, 0.4) is 0 Å². The average molecular weight is 437 g/mol. The maximum atomic E-state index is 12.1. The Balaban J connectivity index is 1.94. The van der Waals surface area contributed by atoms with E-state index in [4.69, 9.17) is 4.74 Å². The molecule has 1 amide bonds. The van der Waals surface area contributed by atoms with Crippen LogP contribution in [0.2, 0.25) is 0 Å². The van der Waals surface area contributed by atoms with Crippen LogP contribution >= 0.6 is 22.6 Å². The van der Waals surface area contributed by atoms with Crippen molar-refractivity contribution >= 4 is 34.2 Å². The van der Waals surface area contributed by atoms with Crippen LogP contribution < -0.4 is 10.1 Å². The Morgan fingerprint density at radius 2 is 1.79 bits per heavy atom. The molecule has 0 aliphatic rings. The van der Waals surface area contributed by atoms with Gasteiger partial charge in [-0.25, -0.2) is 0 Å². The maximum Gasteiger partial charge on any atom is 0.262 e. The second kappa shape index (κ2) is 8.01. The Kier molecular flexibility index (Phi) is 6.27. The van der Waals surface area contributed by atoms with Crippen LogP contribution in [0.25, 0.3) is 0 Å². The van der Waals surface area contributed by atoms with E-state index in [-0.39, 0.29) is 17.9 Å². The van der Waals surface area contributed by atoms with E-state index < -0.39 is 0 Å². The van der Waals surface area contributed by atoms with Crippen LogP contribution in [0.1, 0.15) is 38.8 Å². The standard InChI is InChI=1S/C20H24INO2/c1-5-14-12-16(21)8-11-18(14)22-19(23)13-24-17-9-6-15(7-10-17)20(2,3)4/h6-12H,5,13H2,1-4H3,(H,22,23). The van der Waals surface area contributed by atoms with Crippen LogP contribution in [0.5, 0.6) is 5.75 Å². The fourth-order valence-corrected chi connectivity index (χ4v) is 2.92. The topological polar surface area (TPSA) is 38.3 Å². The lowest BCUT2D eigenvalue weighted by Gasteiger charge is -2.19. The lowest BCUT2D eigenvalue weighted by molar-refractivity contribution is -0.118. The van der Waals surface area contributed by atoms with E-state index in [0.717, 1.165) is 21.2 Å². The summed E-state index contributed by atoms with van der Waals surface area (Å²) in [6, 6.07) is 13.9. The average Bonchev–Trinajstić information content (AvgIpc) is 2.54. The molecule has 3 nitrogen and oxygen atoms in total. The van der Waals surface area contributed by atoms with Gasteiger partial charge < -0.3 is 10.1 Å². The molecule has 1 N–H and O–H groups in total. The number of anilines is 1. The lowest BCUT2D eigenvalue weighted by Crippen LogP contribution is -2.21. The number of nitrogens with one attached hydrogen (secondary N) is 1. The Bertz CT molecular complexity index is 703. The molecule has 2 rings (SSSR count). The van der Waals surface area contributed by atoms with Gasteiger partial charge >= 0.3 is 0 Å².